The third-order valence-corrected chi connectivity index (χ3v) is 2.52. The maximum absolute atomic E-state index is 5.64. The summed E-state index contributed by atoms with van der Waals surface area (Å²) in [6.07, 6.45) is 1.22. The fourth-order valence-electron chi connectivity index (χ4n) is 1.83. The molecular weight excluding hydrogens is 178 g/mol. The monoisotopic (exact) mass is 193 g/mol. The highest BCUT2D eigenvalue weighted by Gasteiger charge is 2.21. The van der Waals surface area contributed by atoms with Gasteiger partial charge in [-0.15, -0.1) is 0 Å². The van der Waals surface area contributed by atoms with Gasteiger partial charge in [0.05, 0.1) is 7.11 Å². The van der Waals surface area contributed by atoms with E-state index >= 15 is 0 Å². The number of benzene rings is 1. The van der Waals surface area contributed by atoms with Crippen LogP contribution in [-0.4, -0.2) is 13.2 Å². The molecule has 0 aromatic heterocycles. The summed E-state index contributed by atoms with van der Waals surface area (Å²) >= 11 is 0. The summed E-state index contributed by atoms with van der Waals surface area (Å²) in [5.41, 5.74) is 7.83. The van der Waals surface area contributed by atoms with Gasteiger partial charge in [0.25, 0.3) is 0 Å². The van der Waals surface area contributed by atoms with E-state index in [1.807, 2.05) is 12.1 Å². The number of methoxy groups -OCH3 is 1. The van der Waals surface area contributed by atoms with Crippen LogP contribution in [0.25, 0.3) is 0 Å². The molecule has 1 aliphatic rings. The van der Waals surface area contributed by atoms with Gasteiger partial charge in [-0.05, 0) is 19.1 Å². The molecule has 76 valence electrons. The van der Waals surface area contributed by atoms with Crippen molar-refractivity contribution in [1.82, 2.24) is 0 Å². The van der Waals surface area contributed by atoms with Crippen LogP contribution in [0.15, 0.2) is 12.1 Å². The van der Waals surface area contributed by atoms with Crippen molar-refractivity contribution in [3.8, 4) is 11.5 Å². The van der Waals surface area contributed by atoms with Crippen LogP contribution in [0.2, 0.25) is 0 Å². The van der Waals surface area contributed by atoms with Gasteiger partial charge in [-0.25, -0.2) is 0 Å². The fraction of sp³-hybridized carbons (Fsp3) is 0.455. The second kappa shape index (κ2) is 3.50. The first-order valence-electron chi connectivity index (χ1n) is 4.81. The number of nitrogens with two attached hydrogens (primary N) is 1. The van der Waals surface area contributed by atoms with E-state index in [0.717, 1.165) is 23.5 Å². The Bertz CT molecular complexity index is 316. The summed E-state index contributed by atoms with van der Waals surface area (Å²) in [5.74, 6) is 1.82. The molecular formula is C11H15NO2. The minimum atomic E-state index is 0.266. The predicted octanol–water partition coefficient (Wildman–Crippen LogP) is 1.48. The van der Waals surface area contributed by atoms with Crippen LogP contribution in [0.3, 0.4) is 0 Å². The lowest BCUT2D eigenvalue weighted by molar-refractivity contribution is 0.254. The van der Waals surface area contributed by atoms with Crippen LogP contribution < -0.4 is 15.2 Å². The maximum atomic E-state index is 5.64. The molecule has 2 rings (SSSR count). The van der Waals surface area contributed by atoms with E-state index in [2.05, 4.69) is 6.92 Å². The van der Waals surface area contributed by atoms with Crippen molar-refractivity contribution in [2.24, 2.45) is 5.73 Å². The van der Waals surface area contributed by atoms with E-state index < -0.39 is 0 Å². The summed E-state index contributed by atoms with van der Waals surface area (Å²) in [5, 5.41) is 0. The summed E-state index contributed by atoms with van der Waals surface area (Å²) in [6, 6.07) is 4.01. The minimum absolute atomic E-state index is 0.266. The van der Waals surface area contributed by atoms with Gasteiger partial charge in [-0.2, -0.15) is 0 Å². The number of ether oxygens (including phenoxy) is 2. The number of hydrogen-bond donors (Lipinski definition) is 1. The van der Waals surface area contributed by atoms with Gasteiger partial charge < -0.3 is 15.2 Å². The highest BCUT2D eigenvalue weighted by atomic mass is 16.5. The standard InChI is InChI=1S/C11H15NO2/c1-7-3-8-4-10(13-2)9(6-12)5-11(8)14-7/h4-5,7H,3,6,12H2,1-2H3. The van der Waals surface area contributed by atoms with Gasteiger partial charge in [-0.3, -0.25) is 0 Å². The van der Waals surface area contributed by atoms with Crippen LogP contribution in [0.4, 0.5) is 0 Å². The minimum Gasteiger partial charge on any atom is -0.496 e. The van der Waals surface area contributed by atoms with E-state index in [-0.39, 0.29) is 6.10 Å². The van der Waals surface area contributed by atoms with Crippen molar-refractivity contribution >= 4 is 0 Å². The Morgan fingerprint density at radius 1 is 1.57 bits per heavy atom. The van der Waals surface area contributed by atoms with Crippen LogP contribution in [0, 0.1) is 0 Å². The van der Waals surface area contributed by atoms with E-state index in [1.54, 1.807) is 7.11 Å². The molecule has 1 aromatic rings. The molecule has 2 N–H and O–H groups in total. The lowest BCUT2D eigenvalue weighted by Crippen LogP contribution is -2.05. The van der Waals surface area contributed by atoms with E-state index in [0.29, 0.717) is 6.54 Å². The van der Waals surface area contributed by atoms with Crippen molar-refractivity contribution in [3.63, 3.8) is 0 Å². The fourth-order valence-corrected chi connectivity index (χ4v) is 1.83. The molecule has 1 aliphatic heterocycles. The highest BCUT2D eigenvalue weighted by Crippen LogP contribution is 2.34. The smallest absolute Gasteiger partial charge is 0.123 e. The Hall–Kier alpha value is -1.22. The molecule has 0 bridgehead atoms. The molecule has 0 aliphatic carbocycles. The Balaban J connectivity index is 2.43. The van der Waals surface area contributed by atoms with Crippen LogP contribution in [0.5, 0.6) is 11.5 Å². The van der Waals surface area contributed by atoms with Gasteiger partial charge in [-0.1, -0.05) is 0 Å². The Morgan fingerprint density at radius 3 is 3.00 bits per heavy atom. The zero-order valence-electron chi connectivity index (χ0n) is 8.54. The van der Waals surface area contributed by atoms with Gasteiger partial charge in [0.2, 0.25) is 0 Å². The SMILES string of the molecule is COc1cc2c(cc1CN)OC(C)C2. The predicted molar refractivity (Wildman–Crippen MR) is 54.7 cm³/mol. The van der Waals surface area contributed by atoms with Crippen LogP contribution >= 0.6 is 0 Å². The number of fused-ring (bicyclic) bond motifs is 1. The second-order valence-corrected chi connectivity index (χ2v) is 3.61. The lowest BCUT2D eigenvalue weighted by Gasteiger charge is -2.08. The molecule has 0 amide bonds. The lowest BCUT2D eigenvalue weighted by atomic mass is 10.1. The largest absolute Gasteiger partial charge is 0.496 e. The molecule has 0 radical (unpaired) electrons. The molecule has 3 nitrogen and oxygen atoms in total. The van der Waals surface area contributed by atoms with Crippen molar-refractivity contribution in [1.29, 1.82) is 0 Å². The molecule has 0 spiro atoms. The number of hydrogen-bond acceptors (Lipinski definition) is 3. The van der Waals surface area contributed by atoms with Crippen molar-refractivity contribution in [2.75, 3.05) is 7.11 Å². The Morgan fingerprint density at radius 2 is 2.36 bits per heavy atom. The Kier molecular flexibility index (Phi) is 2.33. The third-order valence-electron chi connectivity index (χ3n) is 2.52. The summed E-state index contributed by atoms with van der Waals surface area (Å²) in [7, 11) is 1.67. The first kappa shape index (κ1) is 9.34. The van der Waals surface area contributed by atoms with Gasteiger partial charge in [0, 0.05) is 24.1 Å². The molecule has 14 heavy (non-hydrogen) atoms. The third kappa shape index (κ3) is 1.44. The molecule has 1 atom stereocenters. The summed E-state index contributed by atoms with van der Waals surface area (Å²) < 4.78 is 10.9. The van der Waals surface area contributed by atoms with Gasteiger partial charge in [0.1, 0.15) is 17.6 Å². The zero-order chi connectivity index (χ0) is 10.1. The van der Waals surface area contributed by atoms with Crippen LogP contribution in [0.1, 0.15) is 18.1 Å². The molecule has 0 saturated carbocycles. The van der Waals surface area contributed by atoms with E-state index in [4.69, 9.17) is 15.2 Å². The average Bonchev–Trinajstić information content (AvgIpc) is 2.54. The molecule has 1 heterocycles. The van der Waals surface area contributed by atoms with Gasteiger partial charge >= 0.3 is 0 Å². The zero-order valence-corrected chi connectivity index (χ0v) is 8.54. The first-order chi connectivity index (χ1) is 6.74. The topological polar surface area (TPSA) is 44.5 Å². The molecule has 1 unspecified atom stereocenters. The summed E-state index contributed by atoms with van der Waals surface area (Å²) in [6.45, 7) is 2.54. The first-order valence-corrected chi connectivity index (χ1v) is 4.81. The molecule has 1 aromatic carbocycles. The van der Waals surface area contributed by atoms with Crippen LogP contribution in [-0.2, 0) is 13.0 Å². The van der Waals surface area contributed by atoms with Gasteiger partial charge in [0.15, 0.2) is 0 Å². The maximum Gasteiger partial charge on any atom is 0.123 e. The Labute approximate surface area is 83.8 Å². The normalized spacial score (nSPS) is 18.9. The van der Waals surface area contributed by atoms with Crippen molar-refractivity contribution < 1.29 is 9.47 Å². The van der Waals surface area contributed by atoms with Crippen molar-refractivity contribution in [3.05, 3.63) is 23.3 Å². The van der Waals surface area contributed by atoms with E-state index in [1.165, 1.54) is 5.56 Å². The second-order valence-electron chi connectivity index (χ2n) is 3.61. The quantitative estimate of drug-likeness (QED) is 0.773. The summed E-state index contributed by atoms with van der Waals surface area (Å²) in [4.78, 5) is 0. The molecule has 0 fully saturated rings. The average molecular weight is 193 g/mol. The van der Waals surface area contributed by atoms with E-state index in [9.17, 15) is 0 Å². The molecule has 0 saturated heterocycles. The number of rotatable bonds is 2. The molecule has 3 heteroatoms. The van der Waals surface area contributed by atoms with Crippen molar-refractivity contribution in [2.45, 2.75) is 26.0 Å². The highest BCUT2D eigenvalue weighted by molar-refractivity contribution is 5.48.